The number of carbonyl (C=O) groups excluding carboxylic acids is 1. The van der Waals surface area contributed by atoms with E-state index < -0.39 is 0 Å². The van der Waals surface area contributed by atoms with E-state index in [4.69, 9.17) is 5.73 Å². The largest absolute Gasteiger partial charge is 0.399 e. The minimum Gasteiger partial charge on any atom is -0.399 e. The van der Waals surface area contributed by atoms with Gasteiger partial charge in [0.15, 0.2) is 0 Å². The van der Waals surface area contributed by atoms with Gasteiger partial charge in [-0.25, -0.2) is 0 Å². The fraction of sp³-hybridized carbons (Fsp3) is 0.417. The lowest BCUT2D eigenvalue weighted by atomic mass is 10.1. The second-order valence-electron chi connectivity index (χ2n) is 4.11. The monoisotopic (exact) mass is 219 g/mol. The number of amides is 1. The Balaban J connectivity index is 1.84. The predicted molar refractivity (Wildman–Crippen MR) is 65.3 cm³/mol. The molecule has 2 rings (SSSR count). The maximum atomic E-state index is 11.2. The van der Waals surface area contributed by atoms with E-state index in [1.807, 2.05) is 31.2 Å². The van der Waals surface area contributed by atoms with Crippen LogP contribution in [-0.2, 0) is 4.79 Å². The molecule has 0 aliphatic carbocycles. The highest BCUT2D eigenvalue weighted by Gasteiger charge is 2.27. The van der Waals surface area contributed by atoms with Gasteiger partial charge in [0.1, 0.15) is 0 Å². The van der Waals surface area contributed by atoms with E-state index in [9.17, 15) is 4.79 Å². The first kappa shape index (κ1) is 10.8. The first-order valence-corrected chi connectivity index (χ1v) is 5.59. The van der Waals surface area contributed by atoms with Crippen LogP contribution in [0.15, 0.2) is 24.3 Å². The number of hydrogen-bond donors (Lipinski definition) is 2. The van der Waals surface area contributed by atoms with Crippen LogP contribution >= 0.6 is 0 Å². The second-order valence-corrected chi connectivity index (χ2v) is 4.11. The Morgan fingerprint density at radius 2 is 2.06 bits per heavy atom. The lowest BCUT2D eigenvalue weighted by molar-refractivity contribution is -0.121. The molecule has 1 aromatic rings. The smallest absolute Gasteiger partial charge is 0.220 e. The lowest BCUT2D eigenvalue weighted by Gasteiger charge is -2.41. The van der Waals surface area contributed by atoms with E-state index in [0.717, 1.165) is 24.5 Å². The highest BCUT2D eigenvalue weighted by atomic mass is 16.1. The summed E-state index contributed by atoms with van der Waals surface area (Å²) in [4.78, 5) is 13.4. The second kappa shape index (κ2) is 4.43. The van der Waals surface area contributed by atoms with Gasteiger partial charge in [-0.05, 0) is 24.3 Å². The van der Waals surface area contributed by atoms with Crippen molar-refractivity contribution in [3.63, 3.8) is 0 Å². The summed E-state index contributed by atoms with van der Waals surface area (Å²) in [6.45, 7) is 3.64. The quantitative estimate of drug-likeness (QED) is 0.745. The van der Waals surface area contributed by atoms with Gasteiger partial charge in [0.05, 0.1) is 6.04 Å². The zero-order valence-electron chi connectivity index (χ0n) is 9.44. The van der Waals surface area contributed by atoms with Crippen molar-refractivity contribution in [2.75, 3.05) is 23.7 Å². The molecule has 1 saturated heterocycles. The Bertz CT molecular complexity index is 368. The summed E-state index contributed by atoms with van der Waals surface area (Å²) in [5.74, 6) is 0.127. The molecule has 1 aliphatic rings. The van der Waals surface area contributed by atoms with Crippen molar-refractivity contribution in [2.24, 2.45) is 0 Å². The maximum Gasteiger partial charge on any atom is 0.220 e. The van der Waals surface area contributed by atoms with E-state index in [2.05, 4.69) is 10.2 Å². The van der Waals surface area contributed by atoms with E-state index in [1.54, 1.807) is 0 Å². The third-order valence-electron chi connectivity index (χ3n) is 2.83. The molecule has 0 aromatic heterocycles. The van der Waals surface area contributed by atoms with Gasteiger partial charge in [-0.2, -0.15) is 0 Å². The number of nitrogens with one attached hydrogen (secondary N) is 1. The molecule has 4 heteroatoms. The van der Waals surface area contributed by atoms with Gasteiger partial charge in [-0.3, -0.25) is 4.79 Å². The Morgan fingerprint density at radius 1 is 1.44 bits per heavy atom. The standard InChI is InChI=1S/C12H17N3O/c1-2-12(16)14-10-7-15(8-10)11-5-3-9(13)4-6-11/h3-6,10H,2,7-8,13H2,1H3,(H,14,16). The molecule has 0 atom stereocenters. The molecule has 16 heavy (non-hydrogen) atoms. The first-order valence-electron chi connectivity index (χ1n) is 5.59. The summed E-state index contributed by atoms with van der Waals surface area (Å²) in [6, 6.07) is 8.10. The predicted octanol–water partition coefficient (Wildman–Crippen LogP) is 0.984. The van der Waals surface area contributed by atoms with Crippen LogP contribution in [0.2, 0.25) is 0 Å². The van der Waals surface area contributed by atoms with Gasteiger partial charge >= 0.3 is 0 Å². The molecule has 0 radical (unpaired) electrons. The number of nitrogen functional groups attached to an aromatic ring is 1. The van der Waals surface area contributed by atoms with Crippen LogP contribution in [0.3, 0.4) is 0 Å². The van der Waals surface area contributed by atoms with Crippen molar-refractivity contribution < 1.29 is 4.79 Å². The number of rotatable bonds is 3. The molecule has 1 fully saturated rings. The number of benzene rings is 1. The Labute approximate surface area is 95.4 Å². The summed E-state index contributed by atoms with van der Waals surface area (Å²) < 4.78 is 0. The van der Waals surface area contributed by atoms with Crippen LogP contribution in [0.5, 0.6) is 0 Å². The molecular weight excluding hydrogens is 202 g/mol. The number of carbonyl (C=O) groups is 1. The highest BCUT2D eigenvalue weighted by Crippen LogP contribution is 2.21. The molecule has 0 saturated carbocycles. The van der Waals surface area contributed by atoms with Crippen molar-refractivity contribution in [1.29, 1.82) is 0 Å². The summed E-state index contributed by atoms with van der Waals surface area (Å²) in [6.07, 6.45) is 0.554. The number of hydrogen-bond acceptors (Lipinski definition) is 3. The Kier molecular flexibility index (Phi) is 2.99. The molecule has 1 heterocycles. The van der Waals surface area contributed by atoms with Crippen LogP contribution < -0.4 is 16.0 Å². The molecular formula is C12H17N3O. The Hall–Kier alpha value is -1.71. The maximum absolute atomic E-state index is 11.2. The molecule has 3 N–H and O–H groups in total. The van der Waals surface area contributed by atoms with E-state index in [-0.39, 0.29) is 5.91 Å². The summed E-state index contributed by atoms with van der Waals surface area (Å²) in [7, 11) is 0. The summed E-state index contributed by atoms with van der Waals surface area (Å²) in [5.41, 5.74) is 7.56. The topological polar surface area (TPSA) is 58.4 Å². The van der Waals surface area contributed by atoms with Crippen LogP contribution in [0.4, 0.5) is 11.4 Å². The average molecular weight is 219 g/mol. The van der Waals surface area contributed by atoms with Gasteiger partial charge in [-0.1, -0.05) is 6.92 Å². The number of anilines is 2. The molecule has 4 nitrogen and oxygen atoms in total. The van der Waals surface area contributed by atoms with Gasteiger partial charge in [0, 0.05) is 30.9 Å². The number of nitrogens with two attached hydrogens (primary N) is 1. The minimum atomic E-state index is 0.127. The van der Waals surface area contributed by atoms with Crippen molar-refractivity contribution in [1.82, 2.24) is 5.32 Å². The third kappa shape index (κ3) is 2.27. The van der Waals surface area contributed by atoms with Crippen molar-refractivity contribution in [2.45, 2.75) is 19.4 Å². The van der Waals surface area contributed by atoms with Crippen LogP contribution in [0, 0.1) is 0 Å². The van der Waals surface area contributed by atoms with Crippen LogP contribution in [0.25, 0.3) is 0 Å². The molecule has 0 bridgehead atoms. The van der Waals surface area contributed by atoms with Crippen molar-refractivity contribution in [3.05, 3.63) is 24.3 Å². The number of nitrogens with zero attached hydrogens (tertiary/aromatic N) is 1. The van der Waals surface area contributed by atoms with Crippen LogP contribution in [-0.4, -0.2) is 25.0 Å². The first-order chi connectivity index (χ1) is 7.69. The fourth-order valence-corrected chi connectivity index (χ4v) is 1.80. The molecule has 1 amide bonds. The Morgan fingerprint density at radius 3 is 2.62 bits per heavy atom. The third-order valence-corrected chi connectivity index (χ3v) is 2.83. The van der Waals surface area contributed by atoms with Crippen LogP contribution in [0.1, 0.15) is 13.3 Å². The lowest BCUT2D eigenvalue weighted by Crippen LogP contribution is -2.59. The summed E-state index contributed by atoms with van der Waals surface area (Å²) in [5, 5.41) is 2.97. The average Bonchev–Trinajstić information content (AvgIpc) is 2.24. The van der Waals surface area contributed by atoms with Gasteiger partial charge in [-0.15, -0.1) is 0 Å². The molecule has 86 valence electrons. The van der Waals surface area contributed by atoms with Gasteiger partial charge in [0.25, 0.3) is 0 Å². The van der Waals surface area contributed by atoms with E-state index >= 15 is 0 Å². The van der Waals surface area contributed by atoms with E-state index in [1.165, 1.54) is 0 Å². The molecule has 0 spiro atoms. The van der Waals surface area contributed by atoms with E-state index in [0.29, 0.717) is 12.5 Å². The SMILES string of the molecule is CCC(=O)NC1CN(c2ccc(N)cc2)C1. The van der Waals surface area contributed by atoms with Crippen molar-refractivity contribution in [3.8, 4) is 0 Å². The van der Waals surface area contributed by atoms with Gasteiger partial charge in [0.2, 0.25) is 5.91 Å². The minimum absolute atomic E-state index is 0.127. The molecule has 1 aromatic carbocycles. The normalized spacial score (nSPS) is 15.7. The molecule has 0 unspecified atom stereocenters. The fourth-order valence-electron chi connectivity index (χ4n) is 1.80. The zero-order chi connectivity index (χ0) is 11.5. The van der Waals surface area contributed by atoms with Crippen molar-refractivity contribution >= 4 is 17.3 Å². The summed E-state index contributed by atoms with van der Waals surface area (Å²) >= 11 is 0. The highest BCUT2D eigenvalue weighted by molar-refractivity contribution is 5.76. The molecule has 1 aliphatic heterocycles. The zero-order valence-corrected chi connectivity index (χ0v) is 9.44. The van der Waals surface area contributed by atoms with Gasteiger partial charge < -0.3 is 16.0 Å².